The van der Waals surface area contributed by atoms with Gasteiger partial charge in [-0.05, 0) is 18.6 Å². The van der Waals surface area contributed by atoms with Gasteiger partial charge in [0.2, 0.25) is 0 Å². The zero-order valence-corrected chi connectivity index (χ0v) is 12.9. The number of halogens is 1. The van der Waals surface area contributed by atoms with E-state index in [9.17, 15) is 4.79 Å². The Morgan fingerprint density at radius 3 is 2.45 bits per heavy atom. The van der Waals surface area contributed by atoms with Crippen LogP contribution < -0.4 is 5.73 Å². The predicted molar refractivity (Wildman–Crippen MR) is 84.1 cm³/mol. The molecule has 112 valence electrons. The average Bonchev–Trinajstić information content (AvgIpc) is 2.41. The number of unbranched alkanes of at least 4 members (excludes halogenated alkanes) is 6. The summed E-state index contributed by atoms with van der Waals surface area (Å²) in [6, 6.07) is 5.00. The number of hydrogen-bond acceptors (Lipinski definition) is 3. The number of ether oxygens (including phenoxy) is 1. The molecule has 0 aliphatic rings. The molecule has 0 aliphatic heterocycles. The maximum Gasteiger partial charge on any atom is 0.341 e. The van der Waals surface area contributed by atoms with Crippen LogP contribution in [0.2, 0.25) is 5.02 Å². The van der Waals surface area contributed by atoms with E-state index in [4.69, 9.17) is 22.1 Å². The van der Waals surface area contributed by atoms with Crippen LogP contribution in [-0.2, 0) is 4.74 Å². The van der Waals surface area contributed by atoms with Gasteiger partial charge in [-0.25, -0.2) is 4.79 Å². The maximum atomic E-state index is 11.9. The molecule has 0 saturated heterocycles. The summed E-state index contributed by atoms with van der Waals surface area (Å²) in [5.74, 6) is -0.431. The van der Waals surface area contributed by atoms with Crippen LogP contribution in [0.5, 0.6) is 0 Å². The minimum Gasteiger partial charge on any atom is -0.462 e. The van der Waals surface area contributed by atoms with Gasteiger partial charge in [-0.3, -0.25) is 0 Å². The molecule has 2 N–H and O–H groups in total. The van der Waals surface area contributed by atoms with Crippen LogP contribution in [0.25, 0.3) is 0 Å². The lowest BCUT2D eigenvalue weighted by Crippen LogP contribution is -2.10. The van der Waals surface area contributed by atoms with Gasteiger partial charge in [0.25, 0.3) is 0 Å². The smallest absolute Gasteiger partial charge is 0.341 e. The summed E-state index contributed by atoms with van der Waals surface area (Å²) >= 11 is 5.95. The van der Waals surface area contributed by atoms with E-state index in [0.717, 1.165) is 12.8 Å². The van der Waals surface area contributed by atoms with Crippen LogP contribution in [-0.4, -0.2) is 12.6 Å². The van der Waals surface area contributed by atoms with Crippen molar-refractivity contribution in [3.8, 4) is 0 Å². The number of benzene rings is 1. The monoisotopic (exact) mass is 297 g/mol. The Labute approximate surface area is 126 Å². The second kappa shape index (κ2) is 9.65. The number of esters is 1. The minimum absolute atomic E-state index is 0.275. The Morgan fingerprint density at radius 1 is 1.15 bits per heavy atom. The van der Waals surface area contributed by atoms with Gasteiger partial charge in [0, 0.05) is 5.69 Å². The van der Waals surface area contributed by atoms with Crippen molar-refractivity contribution in [3.63, 3.8) is 0 Å². The molecule has 4 heteroatoms. The van der Waals surface area contributed by atoms with Gasteiger partial charge >= 0.3 is 5.97 Å². The largest absolute Gasteiger partial charge is 0.462 e. The molecule has 0 spiro atoms. The molecule has 1 aromatic rings. The highest BCUT2D eigenvalue weighted by Gasteiger charge is 2.14. The number of anilines is 1. The molecule has 0 unspecified atom stereocenters. The van der Waals surface area contributed by atoms with Gasteiger partial charge in [0.05, 0.1) is 11.6 Å². The predicted octanol–water partition coefficient (Wildman–Crippen LogP) is 4.83. The van der Waals surface area contributed by atoms with Crippen LogP contribution in [0.4, 0.5) is 5.69 Å². The first-order valence-electron chi connectivity index (χ1n) is 7.38. The van der Waals surface area contributed by atoms with E-state index in [1.165, 1.54) is 32.1 Å². The number of nitrogen functional groups attached to an aromatic ring is 1. The average molecular weight is 298 g/mol. The van der Waals surface area contributed by atoms with Crippen molar-refractivity contribution in [3.05, 3.63) is 28.8 Å². The number of hydrogen-bond donors (Lipinski definition) is 1. The van der Waals surface area contributed by atoms with Crippen molar-refractivity contribution in [1.29, 1.82) is 0 Å². The first kappa shape index (κ1) is 16.8. The van der Waals surface area contributed by atoms with Crippen molar-refractivity contribution in [2.45, 2.75) is 51.9 Å². The lowest BCUT2D eigenvalue weighted by molar-refractivity contribution is 0.0499. The van der Waals surface area contributed by atoms with Crippen LogP contribution in [0.3, 0.4) is 0 Å². The molecule has 1 aromatic carbocycles. The van der Waals surface area contributed by atoms with Gasteiger partial charge in [0.15, 0.2) is 0 Å². The quantitative estimate of drug-likeness (QED) is 0.403. The SMILES string of the molecule is CCCCCCCCCOC(=O)c1c(N)cccc1Cl. The molecule has 0 saturated carbocycles. The molecule has 0 fully saturated rings. The Bertz CT molecular complexity index is 401. The molecule has 3 nitrogen and oxygen atoms in total. The molecule has 0 aliphatic carbocycles. The van der Waals surface area contributed by atoms with Gasteiger partial charge in [-0.15, -0.1) is 0 Å². The fourth-order valence-electron chi connectivity index (χ4n) is 2.05. The van der Waals surface area contributed by atoms with Crippen molar-refractivity contribution in [1.82, 2.24) is 0 Å². The summed E-state index contributed by atoms with van der Waals surface area (Å²) in [5, 5.41) is 0.342. The number of rotatable bonds is 9. The molecule has 1 rings (SSSR count). The molecule has 0 amide bonds. The molecule has 0 bridgehead atoms. The van der Waals surface area contributed by atoms with Gasteiger partial charge in [-0.1, -0.05) is 63.1 Å². The van der Waals surface area contributed by atoms with Crippen LogP contribution in [0, 0.1) is 0 Å². The molecular formula is C16H24ClNO2. The van der Waals surface area contributed by atoms with E-state index >= 15 is 0 Å². The van der Waals surface area contributed by atoms with E-state index < -0.39 is 5.97 Å². The Hall–Kier alpha value is -1.22. The van der Waals surface area contributed by atoms with Crippen molar-refractivity contribution >= 4 is 23.3 Å². The zero-order valence-electron chi connectivity index (χ0n) is 12.2. The lowest BCUT2D eigenvalue weighted by atomic mass is 10.1. The molecular weight excluding hydrogens is 274 g/mol. The van der Waals surface area contributed by atoms with E-state index in [0.29, 0.717) is 17.3 Å². The highest BCUT2D eigenvalue weighted by atomic mass is 35.5. The van der Waals surface area contributed by atoms with Crippen LogP contribution in [0.15, 0.2) is 18.2 Å². The molecule has 0 radical (unpaired) electrons. The third kappa shape index (κ3) is 5.83. The van der Waals surface area contributed by atoms with E-state index in [1.54, 1.807) is 18.2 Å². The van der Waals surface area contributed by atoms with Crippen LogP contribution in [0.1, 0.15) is 62.2 Å². The Morgan fingerprint density at radius 2 is 1.80 bits per heavy atom. The topological polar surface area (TPSA) is 52.3 Å². The molecule has 0 atom stereocenters. The fraction of sp³-hybridized carbons (Fsp3) is 0.562. The maximum absolute atomic E-state index is 11.9. The second-order valence-corrected chi connectivity index (χ2v) is 5.37. The summed E-state index contributed by atoms with van der Waals surface area (Å²) in [7, 11) is 0. The Balaban J connectivity index is 2.21. The van der Waals surface area contributed by atoms with Crippen molar-refractivity contribution in [2.24, 2.45) is 0 Å². The highest BCUT2D eigenvalue weighted by Crippen LogP contribution is 2.22. The van der Waals surface area contributed by atoms with E-state index in [-0.39, 0.29) is 5.56 Å². The summed E-state index contributed by atoms with van der Waals surface area (Å²) < 4.78 is 5.21. The molecule has 20 heavy (non-hydrogen) atoms. The van der Waals surface area contributed by atoms with Crippen molar-refractivity contribution in [2.75, 3.05) is 12.3 Å². The number of nitrogens with two attached hydrogens (primary N) is 1. The highest BCUT2D eigenvalue weighted by molar-refractivity contribution is 6.34. The third-order valence-corrected chi connectivity index (χ3v) is 3.55. The first-order valence-corrected chi connectivity index (χ1v) is 7.75. The summed E-state index contributed by atoms with van der Waals surface area (Å²) in [6.45, 7) is 2.64. The van der Waals surface area contributed by atoms with Crippen LogP contribution >= 0.6 is 11.6 Å². The normalized spacial score (nSPS) is 10.5. The number of carbonyl (C=O) groups is 1. The third-order valence-electron chi connectivity index (χ3n) is 3.23. The zero-order chi connectivity index (χ0) is 14.8. The van der Waals surface area contributed by atoms with Gasteiger partial charge < -0.3 is 10.5 Å². The second-order valence-electron chi connectivity index (χ2n) is 4.96. The number of carbonyl (C=O) groups excluding carboxylic acids is 1. The van der Waals surface area contributed by atoms with E-state index in [2.05, 4.69) is 6.92 Å². The minimum atomic E-state index is -0.431. The van der Waals surface area contributed by atoms with Gasteiger partial charge in [-0.2, -0.15) is 0 Å². The summed E-state index contributed by atoms with van der Waals surface area (Å²) in [4.78, 5) is 11.9. The fourth-order valence-corrected chi connectivity index (χ4v) is 2.31. The summed E-state index contributed by atoms with van der Waals surface area (Å²) in [6.07, 6.45) is 8.31. The standard InChI is InChI=1S/C16H24ClNO2/c1-2-3-4-5-6-7-8-12-20-16(19)15-13(17)10-9-11-14(15)18/h9-11H,2-8,12,18H2,1H3. The van der Waals surface area contributed by atoms with E-state index in [1.807, 2.05) is 0 Å². The van der Waals surface area contributed by atoms with Crippen molar-refractivity contribution < 1.29 is 9.53 Å². The lowest BCUT2D eigenvalue weighted by Gasteiger charge is -2.08. The van der Waals surface area contributed by atoms with Gasteiger partial charge in [0.1, 0.15) is 5.56 Å². The molecule has 0 aromatic heterocycles. The Kier molecular flexibility index (Phi) is 8.12. The molecule has 0 heterocycles. The first-order chi connectivity index (χ1) is 9.66. The summed E-state index contributed by atoms with van der Waals surface area (Å²) in [5.41, 5.74) is 6.37.